The highest BCUT2D eigenvalue weighted by Gasteiger charge is 2.06. The average molecular weight is 196 g/mol. The minimum atomic E-state index is -1.08. The van der Waals surface area contributed by atoms with E-state index in [0.717, 1.165) is 12.8 Å². The molecule has 0 unspecified atom stereocenters. The monoisotopic (exact) mass is 196 g/mol. The van der Waals surface area contributed by atoms with Gasteiger partial charge >= 0.3 is 12.0 Å². The van der Waals surface area contributed by atoms with Crippen LogP contribution in [0.25, 0.3) is 0 Å². The molecule has 1 rings (SSSR count). The maximum absolute atomic E-state index is 10.5. The molecule has 76 valence electrons. The number of hydrogen-bond acceptors (Lipinski definition) is 4. The summed E-state index contributed by atoms with van der Waals surface area (Å²) in [6.45, 7) is 2.55. The van der Waals surface area contributed by atoms with Gasteiger partial charge in [-0.05, 0) is 12.5 Å². The topological polar surface area (TPSA) is 72.3 Å². The van der Waals surface area contributed by atoms with Gasteiger partial charge in [0.05, 0.1) is 6.61 Å². The molecule has 1 N–H and O–H groups in total. The van der Waals surface area contributed by atoms with Crippen molar-refractivity contribution < 1.29 is 14.6 Å². The van der Waals surface area contributed by atoms with Gasteiger partial charge in [-0.3, -0.25) is 0 Å². The minimum absolute atomic E-state index is 0.0495. The van der Waals surface area contributed by atoms with Crippen LogP contribution in [0.5, 0.6) is 6.01 Å². The van der Waals surface area contributed by atoms with E-state index >= 15 is 0 Å². The first kappa shape index (κ1) is 10.4. The van der Waals surface area contributed by atoms with Crippen LogP contribution >= 0.6 is 0 Å². The van der Waals surface area contributed by atoms with E-state index in [-0.39, 0.29) is 11.7 Å². The lowest BCUT2D eigenvalue weighted by atomic mass is 10.4. The summed E-state index contributed by atoms with van der Waals surface area (Å²) in [7, 11) is 0. The highest BCUT2D eigenvalue weighted by Crippen LogP contribution is 2.03. The van der Waals surface area contributed by atoms with E-state index in [1.54, 1.807) is 0 Å². The van der Waals surface area contributed by atoms with Gasteiger partial charge in [0.1, 0.15) is 0 Å². The van der Waals surface area contributed by atoms with Gasteiger partial charge in [-0.25, -0.2) is 9.78 Å². The maximum atomic E-state index is 10.5. The standard InChI is InChI=1S/C9H12N2O3/c1-2-3-6-14-9-10-5-4-7(11-9)8(12)13/h4-5H,2-3,6H2,1H3,(H,12,13). The van der Waals surface area contributed by atoms with Gasteiger partial charge in [-0.1, -0.05) is 13.3 Å². The molecular formula is C9H12N2O3. The van der Waals surface area contributed by atoms with Gasteiger partial charge in [0, 0.05) is 6.20 Å². The van der Waals surface area contributed by atoms with Crippen molar-refractivity contribution in [1.82, 2.24) is 9.97 Å². The molecule has 0 saturated heterocycles. The Kier molecular flexibility index (Phi) is 3.84. The molecule has 5 heteroatoms. The number of aromatic nitrogens is 2. The molecule has 0 saturated carbocycles. The summed E-state index contributed by atoms with van der Waals surface area (Å²) in [4.78, 5) is 18.0. The normalized spacial score (nSPS) is 9.79. The molecule has 1 heterocycles. The molecule has 0 aliphatic rings. The largest absolute Gasteiger partial charge is 0.477 e. The number of unbranched alkanes of at least 4 members (excludes halogenated alkanes) is 1. The van der Waals surface area contributed by atoms with Crippen LogP contribution in [-0.4, -0.2) is 27.7 Å². The number of carboxylic acids is 1. The van der Waals surface area contributed by atoms with E-state index in [4.69, 9.17) is 9.84 Å². The third-order valence-corrected chi connectivity index (χ3v) is 1.58. The van der Waals surface area contributed by atoms with Crippen molar-refractivity contribution in [3.63, 3.8) is 0 Å². The van der Waals surface area contributed by atoms with Crippen molar-refractivity contribution in [3.8, 4) is 6.01 Å². The quantitative estimate of drug-likeness (QED) is 0.719. The van der Waals surface area contributed by atoms with Crippen LogP contribution in [0.15, 0.2) is 12.3 Å². The number of carboxylic acid groups (broad SMARTS) is 1. The molecule has 14 heavy (non-hydrogen) atoms. The zero-order valence-electron chi connectivity index (χ0n) is 7.93. The lowest BCUT2D eigenvalue weighted by Crippen LogP contribution is -2.05. The van der Waals surface area contributed by atoms with E-state index in [1.165, 1.54) is 12.3 Å². The SMILES string of the molecule is CCCCOc1nccc(C(=O)O)n1. The molecule has 0 spiro atoms. The van der Waals surface area contributed by atoms with Crippen LogP contribution in [0.4, 0.5) is 0 Å². The van der Waals surface area contributed by atoms with Crippen LogP contribution in [0, 0.1) is 0 Å². The fourth-order valence-corrected chi connectivity index (χ4v) is 0.837. The number of ether oxygens (including phenoxy) is 1. The second-order valence-corrected chi connectivity index (χ2v) is 2.73. The van der Waals surface area contributed by atoms with E-state index in [0.29, 0.717) is 6.61 Å². The van der Waals surface area contributed by atoms with Gasteiger partial charge in [-0.2, -0.15) is 4.98 Å². The number of hydrogen-bond donors (Lipinski definition) is 1. The average Bonchev–Trinajstić information content (AvgIpc) is 2.19. The molecule has 1 aromatic heterocycles. The first-order valence-electron chi connectivity index (χ1n) is 4.43. The Morgan fingerprint density at radius 1 is 1.64 bits per heavy atom. The van der Waals surface area contributed by atoms with E-state index in [1.807, 2.05) is 6.92 Å². The number of nitrogens with zero attached hydrogens (tertiary/aromatic N) is 2. The Hall–Kier alpha value is -1.65. The van der Waals surface area contributed by atoms with Crippen LogP contribution < -0.4 is 4.74 Å². The number of rotatable bonds is 5. The smallest absolute Gasteiger partial charge is 0.354 e. The van der Waals surface area contributed by atoms with Crippen LogP contribution in [-0.2, 0) is 0 Å². The zero-order valence-corrected chi connectivity index (χ0v) is 7.93. The molecule has 0 aliphatic heterocycles. The highest BCUT2D eigenvalue weighted by atomic mass is 16.5. The van der Waals surface area contributed by atoms with E-state index < -0.39 is 5.97 Å². The number of aromatic carboxylic acids is 1. The Morgan fingerprint density at radius 3 is 3.07 bits per heavy atom. The summed E-state index contributed by atoms with van der Waals surface area (Å²) >= 11 is 0. The first-order chi connectivity index (χ1) is 6.74. The van der Waals surface area contributed by atoms with Crippen molar-refractivity contribution in [1.29, 1.82) is 0 Å². The summed E-state index contributed by atoms with van der Waals surface area (Å²) < 4.78 is 5.15. The summed E-state index contributed by atoms with van der Waals surface area (Å²) in [6.07, 6.45) is 3.29. The fraction of sp³-hybridized carbons (Fsp3) is 0.444. The van der Waals surface area contributed by atoms with Gasteiger partial charge in [0.15, 0.2) is 5.69 Å². The molecular weight excluding hydrogens is 184 g/mol. The third-order valence-electron chi connectivity index (χ3n) is 1.58. The molecule has 5 nitrogen and oxygen atoms in total. The van der Waals surface area contributed by atoms with Crippen LogP contribution in [0.3, 0.4) is 0 Å². The molecule has 0 fully saturated rings. The Balaban J connectivity index is 2.59. The summed E-state index contributed by atoms with van der Waals surface area (Å²) in [5, 5.41) is 8.64. The molecule has 0 atom stereocenters. The molecule has 0 bridgehead atoms. The van der Waals surface area contributed by atoms with Gasteiger partial charge in [0.25, 0.3) is 0 Å². The molecule has 1 aromatic rings. The second-order valence-electron chi connectivity index (χ2n) is 2.73. The van der Waals surface area contributed by atoms with Crippen molar-refractivity contribution in [2.45, 2.75) is 19.8 Å². The summed E-state index contributed by atoms with van der Waals surface area (Å²) in [5.41, 5.74) is -0.0495. The zero-order chi connectivity index (χ0) is 10.4. The van der Waals surface area contributed by atoms with Gasteiger partial charge in [0.2, 0.25) is 0 Å². The summed E-state index contributed by atoms with van der Waals surface area (Å²) in [5.74, 6) is -1.08. The molecule has 0 aromatic carbocycles. The Morgan fingerprint density at radius 2 is 2.43 bits per heavy atom. The molecule has 0 radical (unpaired) electrons. The molecule has 0 amide bonds. The van der Waals surface area contributed by atoms with Crippen molar-refractivity contribution in [2.24, 2.45) is 0 Å². The van der Waals surface area contributed by atoms with Crippen LogP contribution in [0.1, 0.15) is 30.3 Å². The van der Waals surface area contributed by atoms with Gasteiger partial charge in [-0.15, -0.1) is 0 Å². The Labute approximate surface area is 81.8 Å². The van der Waals surface area contributed by atoms with E-state index in [9.17, 15) is 4.79 Å². The first-order valence-corrected chi connectivity index (χ1v) is 4.43. The van der Waals surface area contributed by atoms with Gasteiger partial charge < -0.3 is 9.84 Å². The fourth-order valence-electron chi connectivity index (χ4n) is 0.837. The minimum Gasteiger partial charge on any atom is -0.477 e. The predicted octanol–water partition coefficient (Wildman–Crippen LogP) is 1.35. The lowest BCUT2D eigenvalue weighted by Gasteiger charge is -2.02. The Bertz CT molecular complexity index is 315. The lowest BCUT2D eigenvalue weighted by molar-refractivity contribution is 0.0688. The maximum Gasteiger partial charge on any atom is 0.354 e. The van der Waals surface area contributed by atoms with Crippen LogP contribution in [0.2, 0.25) is 0 Å². The highest BCUT2D eigenvalue weighted by molar-refractivity contribution is 5.85. The predicted molar refractivity (Wildman–Crippen MR) is 49.4 cm³/mol. The van der Waals surface area contributed by atoms with Crippen molar-refractivity contribution in [3.05, 3.63) is 18.0 Å². The number of carbonyl (C=O) groups is 1. The second kappa shape index (κ2) is 5.16. The van der Waals surface area contributed by atoms with E-state index in [2.05, 4.69) is 9.97 Å². The third kappa shape index (κ3) is 3.01. The molecule has 0 aliphatic carbocycles. The van der Waals surface area contributed by atoms with Crippen molar-refractivity contribution in [2.75, 3.05) is 6.61 Å². The summed E-state index contributed by atoms with van der Waals surface area (Å²) in [6, 6.07) is 1.45. The van der Waals surface area contributed by atoms with Crippen molar-refractivity contribution >= 4 is 5.97 Å².